The summed E-state index contributed by atoms with van der Waals surface area (Å²) >= 11 is -0.608. The van der Waals surface area contributed by atoms with Gasteiger partial charge in [-0.3, -0.25) is 0 Å². The number of hydrogen-bond donors (Lipinski definition) is 1. The first-order chi connectivity index (χ1) is 8.03. The Morgan fingerprint density at radius 3 is 2.71 bits per heavy atom. The van der Waals surface area contributed by atoms with Gasteiger partial charge in [0.25, 0.3) is 0 Å². The summed E-state index contributed by atoms with van der Waals surface area (Å²) in [7, 11) is 0. The van der Waals surface area contributed by atoms with Gasteiger partial charge in [-0.25, -0.2) is 10.1 Å². The van der Waals surface area contributed by atoms with E-state index in [9.17, 15) is 13.6 Å². The second-order valence-electron chi connectivity index (χ2n) is 3.97. The van der Waals surface area contributed by atoms with E-state index in [0.29, 0.717) is 12.3 Å². The zero-order chi connectivity index (χ0) is 12.5. The number of carbonyl (C=O) groups excluding carboxylic acids is 1. The van der Waals surface area contributed by atoms with Crippen LogP contribution in [0.2, 0.25) is 0 Å². The van der Waals surface area contributed by atoms with E-state index in [-0.39, 0.29) is 5.92 Å². The molecule has 17 heavy (non-hydrogen) atoms. The Hall–Kier alpha value is -0.700. The molecule has 2 aliphatic carbocycles. The predicted octanol–water partition coefficient (Wildman–Crippen LogP) is 2.16. The topological polar surface area (TPSA) is 65.0 Å². The van der Waals surface area contributed by atoms with Gasteiger partial charge in [-0.15, -0.1) is 4.33 Å². The molecule has 2 aliphatic rings. The maximum atomic E-state index is 13.1. The molecular formula is C9H10F2O5S. The van der Waals surface area contributed by atoms with E-state index in [1.165, 1.54) is 0 Å². The number of allylic oxidation sites excluding steroid dienone is 1. The molecule has 1 fully saturated rings. The average molecular weight is 268 g/mol. The molecule has 2 bridgehead atoms. The number of rotatable bonds is 5. The van der Waals surface area contributed by atoms with E-state index in [1.54, 1.807) is 0 Å². The molecule has 3 atom stereocenters. The minimum atomic E-state index is -3.91. The first kappa shape index (κ1) is 12.7. The third-order valence-electron chi connectivity index (χ3n) is 2.88. The maximum Gasteiger partial charge on any atom is 0.415 e. The lowest BCUT2D eigenvalue weighted by molar-refractivity contribution is -0.433. The largest absolute Gasteiger partial charge is 0.457 e. The lowest BCUT2D eigenvalue weighted by Gasteiger charge is -2.21. The number of alkyl halides is 2. The zero-order valence-electron chi connectivity index (χ0n) is 8.55. The molecule has 0 heterocycles. The quantitative estimate of drug-likeness (QED) is 0.271. The smallest absolute Gasteiger partial charge is 0.415 e. The summed E-state index contributed by atoms with van der Waals surface area (Å²) in [6, 6.07) is 0. The first-order valence-electron chi connectivity index (χ1n) is 4.96. The Morgan fingerprint density at radius 2 is 2.18 bits per heavy atom. The maximum absolute atomic E-state index is 13.1. The van der Waals surface area contributed by atoms with Gasteiger partial charge in [0.1, 0.15) is 18.1 Å². The van der Waals surface area contributed by atoms with Crippen molar-refractivity contribution in [3.05, 3.63) is 12.2 Å². The molecule has 96 valence electrons. The van der Waals surface area contributed by atoms with E-state index in [4.69, 9.17) is 9.99 Å². The first-order valence-corrected chi connectivity index (χ1v) is 5.70. The van der Waals surface area contributed by atoms with Crippen LogP contribution in [0.4, 0.5) is 8.78 Å². The number of carbonyl (C=O) groups is 1. The number of fused-ring (bicyclic) bond motifs is 2. The van der Waals surface area contributed by atoms with Gasteiger partial charge in [0, 0.05) is 5.92 Å². The average Bonchev–Trinajstić information content (AvgIpc) is 2.88. The highest BCUT2D eigenvalue weighted by atomic mass is 32.2. The minimum absolute atomic E-state index is 0.0276. The van der Waals surface area contributed by atoms with Crippen LogP contribution >= 0.6 is 12.0 Å². The summed E-state index contributed by atoms with van der Waals surface area (Å²) in [5, 5.41) is 6.85. The minimum Gasteiger partial charge on any atom is -0.457 e. The van der Waals surface area contributed by atoms with E-state index in [0.717, 1.165) is 6.42 Å². The van der Waals surface area contributed by atoms with E-state index < -0.39 is 29.4 Å². The SMILES string of the molecule is O=C(OC1CC2C=CC1C2)C(F)(F)SOOO. The van der Waals surface area contributed by atoms with Crippen molar-refractivity contribution in [3.8, 4) is 0 Å². The lowest BCUT2D eigenvalue weighted by atomic mass is 10.0. The van der Waals surface area contributed by atoms with Crippen molar-refractivity contribution in [1.82, 2.24) is 0 Å². The highest BCUT2D eigenvalue weighted by molar-refractivity contribution is 7.96. The highest BCUT2D eigenvalue weighted by Gasteiger charge is 2.47. The number of hydrogen-bond acceptors (Lipinski definition) is 6. The van der Waals surface area contributed by atoms with E-state index in [2.05, 4.69) is 9.37 Å². The fourth-order valence-electron chi connectivity index (χ4n) is 2.16. The fraction of sp³-hybridized carbons (Fsp3) is 0.667. The van der Waals surface area contributed by atoms with Crippen LogP contribution in [0.1, 0.15) is 12.8 Å². The molecule has 0 aromatic carbocycles. The van der Waals surface area contributed by atoms with Crippen LogP contribution in [0.5, 0.6) is 0 Å². The van der Waals surface area contributed by atoms with Crippen LogP contribution < -0.4 is 0 Å². The molecule has 2 rings (SSSR count). The Labute approximate surface area is 99.8 Å². The Morgan fingerprint density at radius 1 is 1.41 bits per heavy atom. The van der Waals surface area contributed by atoms with E-state index in [1.807, 2.05) is 12.2 Å². The van der Waals surface area contributed by atoms with Gasteiger partial charge in [-0.05, 0) is 18.8 Å². The van der Waals surface area contributed by atoms with E-state index >= 15 is 0 Å². The molecular weight excluding hydrogens is 258 g/mol. The summed E-state index contributed by atoms with van der Waals surface area (Å²) in [5.74, 6) is -1.35. The summed E-state index contributed by atoms with van der Waals surface area (Å²) in [4.78, 5) is 11.2. The normalized spacial score (nSPS) is 30.9. The molecule has 0 aromatic heterocycles. The van der Waals surface area contributed by atoms with Crippen LogP contribution in [-0.2, 0) is 18.9 Å². The van der Waals surface area contributed by atoms with Crippen molar-refractivity contribution in [1.29, 1.82) is 0 Å². The lowest BCUT2D eigenvalue weighted by Crippen LogP contribution is -2.33. The van der Waals surface area contributed by atoms with Crippen LogP contribution in [0.25, 0.3) is 0 Å². The van der Waals surface area contributed by atoms with Crippen LogP contribution in [0.3, 0.4) is 0 Å². The number of halogens is 2. The van der Waals surface area contributed by atoms with Gasteiger partial charge < -0.3 is 4.74 Å². The summed E-state index contributed by atoms with van der Waals surface area (Å²) in [6.07, 6.45) is 4.80. The number of ether oxygens (including phenoxy) is 1. The Balaban J connectivity index is 1.86. The number of esters is 1. The van der Waals surface area contributed by atoms with Gasteiger partial charge in [-0.2, -0.15) is 8.78 Å². The Kier molecular flexibility index (Phi) is 3.67. The van der Waals surface area contributed by atoms with Gasteiger partial charge >= 0.3 is 11.2 Å². The van der Waals surface area contributed by atoms with Crippen molar-refractivity contribution in [2.24, 2.45) is 11.8 Å². The van der Waals surface area contributed by atoms with Gasteiger partial charge in [0.15, 0.2) is 0 Å². The molecule has 1 N–H and O–H groups in total. The molecule has 0 radical (unpaired) electrons. The third-order valence-corrected chi connectivity index (χ3v) is 3.39. The van der Waals surface area contributed by atoms with Crippen LogP contribution in [-0.4, -0.2) is 22.6 Å². The van der Waals surface area contributed by atoms with Crippen molar-refractivity contribution in [2.45, 2.75) is 24.2 Å². The fourth-order valence-corrected chi connectivity index (χ4v) is 2.40. The van der Waals surface area contributed by atoms with Crippen LogP contribution in [0, 0.1) is 11.8 Å². The molecule has 3 unspecified atom stereocenters. The van der Waals surface area contributed by atoms with Crippen molar-refractivity contribution < 1.29 is 32.9 Å². The summed E-state index contributed by atoms with van der Waals surface area (Å²) in [6.45, 7) is 0. The van der Waals surface area contributed by atoms with Crippen LogP contribution in [0.15, 0.2) is 12.2 Å². The second-order valence-corrected chi connectivity index (χ2v) is 4.78. The molecule has 0 aromatic rings. The molecule has 0 amide bonds. The monoisotopic (exact) mass is 268 g/mol. The third kappa shape index (κ3) is 2.76. The van der Waals surface area contributed by atoms with Gasteiger partial charge in [-0.1, -0.05) is 17.2 Å². The predicted molar refractivity (Wildman–Crippen MR) is 52.6 cm³/mol. The zero-order valence-corrected chi connectivity index (χ0v) is 9.36. The summed E-state index contributed by atoms with van der Waals surface area (Å²) in [5.41, 5.74) is 0. The molecule has 0 saturated heterocycles. The second kappa shape index (κ2) is 4.89. The molecule has 0 spiro atoms. The van der Waals surface area contributed by atoms with Crippen molar-refractivity contribution in [3.63, 3.8) is 0 Å². The highest BCUT2D eigenvalue weighted by Crippen LogP contribution is 2.42. The summed E-state index contributed by atoms with van der Waals surface area (Å²) < 4.78 is 34.4. The molecule has 1 saturated carbocycles. The molecule has 5 nitrogen and oxygen atoms in total. The Bertz CT molecular complexity index is 335. The molecule has 0 aliphatic heterocycles. The van der Waals surface area contributed by atoms with Gasteiger partial charge in [0.05, 0.1) is 0 Å². The standard InChI is InChI=1S/C9H10F2O5S/c10-9(11,17-16-15-13)8(12)14-7-4-5-1-2-6(7)3-5/h1-2,5-7,13H,3-4H2. The van der Waals surface area contributed by atoms with Gasteiger partial charge in [0.2, 0.25) is 0 Å². The van der Waals surface area contributed by atoms with Crippen molar-refractivity contribution >= 4 is 18.0 Å². The van der Waals surface area contributed by atoms with Crippen molar-refractivity contribution in [2.75, 3.05) is 0 Å². The molecule has 8 heteroatoms.